The van der Waals surface area contributed by atoms with E-state index in [1.807, 2.05) is 0 Å². The molecule has 2 rings (SSSR count). The monoisotopic (exact) mass is 283 g/mol. The molecule has 0 aliphatic carbocycles. The van der Waals surface area contributed by atoms with Gasteiger partial charge in [-0.3, -0.25) is 0 Å². The number of nitrogens with one attached hydrogen (secondary N) is 1. The summed E-state index contributed by atoms with van der Waals surface area (Å²) in [5, 5.41) is 3.52. The van der Waals surface area contributed by atoms with Gasteiger partial charge in [0.25, 0.3) is 0 Å². The first-order valence-corrected chi connectivity index (χ1v) is 7.34. The maximum atomic E-state index is 5.98. The van der Waals surface area contributed by atoms with Gasteiger partial charge < -0.3 is 10.2 Å². The van der Waals surface area contributed by atoms with Crippen molar-refractivity contribution in [1.82, 2.24) is 15.0 Å². The number of anilines is 2. The van der Waals surface area contributed by atoms with Gasteiger partial charge in [-0.15, -0.1) is 0 Å². The number of hydrogen-bond donors (Lipinski definition) is 1. The quantitative estimate of drug-likeness (QED) is 0.900. The summed E-state index contributed by atoms with van der Waals surface area (Å²) in [5.41, 5.74) is 0. The fourth-order valence-electron chi connectivity index (χ4n) is 1.97. The van der Waals surface area contributed by atoms with E-state index in [-0.39, 0.29) is 5.28 Å². The summed E-state index contributed by atoms with van der Waals surface area (Å²) >= 11 is 5.98. The average Bonchev–Trinajstić information content (AvgIpc) is 2.89. The Morgan fingerprint density at radius 1 is 1.16 bits per heavy atom. The van der Waals surface area contributed by atoms with Crippen LogP contribution in [0.5, 0.6) is 0 Å². The molecule has 0 spiro atoms. The van der Waals surface area contributed by atoms with Crippen molar-refractivity contribution in [1.29, 1.82) is 0 Å². The summed E-state index contributed by atoms with van der Waals surface area (Å²) in [7, 11) is 0. The van der Waals surface area contributed by atoms with Crippen molar-refractivity contribution in [2.75, 3.05) is 29.9 Å². The maximum Gasteiger partial charge on any atom is 0.231 e. The summed E-state index contributed by atoms with van der Waals surface area (Å²) in [4.78, 5) is 15.0. The average molecular weight is 284 g/mol. The Labute approximate surface area is 119 Å². The lowest BCUT2D eigenvalue weighted by Crippen LogP contribution is -2.23. The molecule has 1 aromatic rings. The number of hydrogen-bond acceptors (Lipinski definition) is 5. The minimum Gasteiger partial charge on any atom is -0.354 e. The Bertz CT molecular complexity index is 417. The third-order valence-corrected chi connectivity index (χ3v) is 3.87. The van der Waals surface area contributed by atoms with Crippen LogP contribution in [-0.4, -0.2) is 34.6 Å². The molecule has 1 aromatic heterocycles. The Hall–Kier alpha value is -1.10. The summed E-state index contributed by atoms with van der Waals surface area (Å²) < 4.78 is 0. The van der Waals surface area contributed by atoms with Gasteiger partial charge >= 0.3 is 0 Å². The number of aromatic nitrogens is 3. The van der Waals surface area contributed by atoms with E-state index in [1.165, 1.54) is 12.8 Å². The van der Waals surface area contributed by atoms with Crippen molar-refractivity contribution < 1.29 is 0 Å². The molecule has 0 amide bonds. The molecule has 2 heterocycles. The molecule has 0 aromatic carbocycles. The maximum absolute atomic E-state index is 5.98. The fourth-order valence-corrected chi connectivity index (χ4v) is 2.12. The molecule has 1 aliphatic rings. The predicted molar refractivity (Wildman–Crippen MR) is 78.8 cm³/mol. The molecule has 1 aliphatic heterocycles. The Morgan fingerprint density at radius 2 is 1.84 bits per heavy atom. The van der Waals surface area contributed by atoms with Crippen LogP contribution in [0.4, 0.5) is 11.9 Å². The van der Waals surface area contributed by atoms with Crippen molar-refractivity contribution in [2.45, 2.75) is 33.6 Å². The van der Waals surface area contributed by atoms with Crippen LogP contribution in [0, 0.1) is 11.8 Å². The second-order valence-electron chi connectivity index (χ2n) is 5.52. The Morgan fingerprint density at radius 3 is 2.47 bits per heavy atom. The standard InChI is InChI=1S/C13H22ClN5/c1-9(2)10(3)8-15-12-16-11(14)17-13(18-12)19-6-4-5-7-19/h9-10H,4-8H2,1-3H3,(H,15,16,17,18). The van der Waals surface area contributed by atoms with Crippen LogP contribution in [0.2, 0.25) is 5.28 Å². The van der Waals surface area contributed by atoms with Crippen LogP contribution in [-0.2, 0) is 0 Å². The van der Waals surface area contributed by atoms with Crippen molar-refractivity contribution in [3.63, 3.8) is 0 Å². The number of nitrogens with zero attached hydrogens (tertiary/aromatic N) is 4. The van der Waals surface area contributed by atoms with Crippen LogP contribution in [0.1, 0.15) is 33.6 Å². The topological polar surface area (TPSA) is 53.9 Å². The summed E-state index contributed by atoms with van der Waals surface area (Å²) in [6.45, 7) is 9.48. The fraction of sp³-hybridized carbons (Fsp3) is 0.769. The minimum absolute atomic E-state index is 0.261. The van der Waals surface area contributed by atoms with Gasteiger partial charge in [-0.05, 0) is 36.3 Å². The third kappa shape index (κ3) is 3.93. The molecule has 0 saturated carbocycles. The van der Waals surface area contributed by atoms with Crippen LogP contribution in [0.3, 0.4) is 0 Å². The molecule has 0 bridgehead atoms. The van der Waals surface area contributed by atoms with Gasteiger partial charge in [-0.25, -0.2) is 0 Å². The van der Waals surface area contributed by atoms with Gasteiger partial charge in [0.05, 0.1) is 0 Å². The lowest BCUT2D eigenvalue weighted by molar-refractivity contribution is 0.439. The van der Waals surface area contributed by atoms with E-state index in [9.17, 15) is 0 Å². The van der Waals surface area contributed by atoms with E-state index in [2.05, 4.69) is 45.9 Å². The van der Waals surface area contributed by atoms with Crippen LogP contribution >= 0.6 is 11.6 Å². The van der Waals surface area contributed by atoms with Gasteiger partial charge in [0.15, 0.2) is 0 Å². The first kappa shape index (κ1) is 14.3. The third-order valence-electron chi connectivity index (χ3n) is 3.71. The second kappa shape index (κ2) is 6.37. The number of halogens is 1. The van der Waals surface area contributed by atoms with Crippen molar-refractivity contribution in [2.24, 2.45) is 11.8 Å². The molecule has 1 saturated heterocycles. The van der Waals surface area contributed by atoms with Gasteiger partial charge in [-0.2, -0.15) is 15.0 Å². The minimum atomic E-state index is 0.261. The Balaban J connectivity index is 2.04. The van der Waals surface area contributed by atoms with Crippen LogP contribution in [0.15, 0.2) is 0 Å². The molecule has 1 fully saturated rings. The van der Waals surface area contributed by atoms with E-state index < -0.39 is 0 Å². The van der Waals surface area contributed by atoms with Crippen molar-refractivity contribution in [3.05, 3.63) is 5.28 Å². The second-order valence-corrected chi connectivity index (χ2v) is 5.86. The zero-order valence-electron chi connectivity index (χ0n) is 11.9. The van der Waals surface area contributed by atoms with E-state index in [0.29, 0.717) is 23.7 Å². The van der Waals surface area contributed by atoms with E-state index in [4.69, 9.17) is 11.6 Å². The van der Waals surface area contributed by atoms with E-state index in [1.54, 1.807) is 0 Å². The molecule has 19 heavy (non-hydrogen) atoms. The van der Waals surface area contributed by atoms with Gasteiger partial charge in [0.2, 0.25) is 17.2 Å². The lowest BCUT2D eigenvalue weighted by Gasteiger charge is -2.18. The molecular formula is C13H22ClN5. The normalized spacial score (nSPS) is 17.0. The van der Waals surface area contributed by atoms with Crippen LogP contribution < -0.4 is 10.2 Å². The summed E-state index contributed by atoms with van der Waals surface area (Å²) in [5.74, 6) is 2.46. The van der Waals surface area contributed by atoms with Crippen molar-refractivity contribution >= 4 is 23.5 Å². The van der Waals surface area contributed by atoms with E-state index >= 15 is 0 Å². The summed E-state index contributed by atoms with van der Waals surface area (Å²) in [6.07, 6.45) is 2.38. The summed E-state index contributed by atoms with van der Waals surface area (Å²) in [6, 6.07) is 0. The Kier molecular flexibility index (Phi) is 4.80. The predicted octanol–water partition coefficient (Wildman–Crippen LogP) is 2.83. The largest absolute Gasteiger partial charge is 0.354 e. The van der Waals surface area contributed by atoms with Crippen LogP contribution in [0.25, 0.3) is 0 Å². The molecule has 1 unspecified atom stereocenters. The van der Waals surface area contributed by atoms with Gasteiger partial charge in [-0.1, -0.05) is 20.8 Å². The highest BCUT2D eigenvalue weighted by molar-refractivity contribution is 6.28. The molecule has 1 N–H and O–H groups in total. The highest BCUT2D eigenvalue weighted by Crippen LogP contribution is 2.19. The van der Waals surface area contributed by atoms with Gasteiger partial charge in [0, 0.05) is 19.6 Å². The van der Waals surface area contributed by atoms with Crippen molar-refractivity contribution in [3.8, 4) is 0 Å². The zero-order chi connectivity index (χ0) is 13.8. The highest BCUT2D eigenvalue weighted by atomic mass is 35.5. The molecular weight excluding hydrogens is 262 g/mol. The molecule has 5 nitrogen and oxygen atoms in total. The highest BCUT2D eigenvalue weighted by Gasteiger charge is 2.17. The number of rotatable bonds is 5. The lowest BCUT2D eigenvalue weighted by atomic mass is 9.98. The van der Waals surface area contributed by atoms with E-state index in [0.717, 1.165) is 19.6 Å². The molecule has 1 atom stereocenters. The SMILES string of the molecule is CC(C)C(C)CNc1nc(Cl)nc(N2CCCC2)n1. The van der Waals surface area contributed by atoms with Gasteiger partial charge in [0.1, 0.15) is 0 Å². The molecule has 6 heteroatoms. The zero-order valence-corrected chi connectivity index (χ0v) is 12.6. The first-order valence-electron chi connectivity index (χ1n) is 6.96. The molecule has 106 valence electrons. The molecule has 0 radical (unpaired) electrons. The first-order chi connectivity index (χ1) is 9.06. The smallest absolute Gasteiger partial charge is 0.231 e.